The molecule has 1 aliphatic heterocycles. The molecule has 0 atom stereocenters. The van der Waals surface area contributed by atoms with Crippen LogP contribution in [0.15, 0.2) is 79.4 Å². The highest BCUT2D eigenvalue weighted by atomic mass is 32.2. The van der Waals surface area contributed by atoms with Crippen molar-refractivity contribution in [2.45, 2.75) is 65.7 Å². The number of hydrogen-bond acceptors (Lipinski definition) is 9. The molecule has 280 valence electrons. The van der Waals surface area contributed by atoms with Gasteiger partial charge in [-0.05, 0) is 77.3 Å². The summed E-state index contributed by atoms with van der Waals surface area (Å²) in [5.74, 6) is 0. The Balaban J connectivity index is 1.34. The number of carbonyl (C=O) groups is 2. The predicted molar refractivity (Wildman–Crippen MR) is 207 cm³/mol. The summed E-state index contributed by atoms with van der Waals surface area (Å²) in [6.45, 7) is 13.4. The van der Waals surface area contributed by atoms with Gasteiger partial charge in [0, 0.05) is 73.4 Å². The molecule has 0 saturated carbocycles. The Labute approximate surface area is 310 Å². The molecule has 3 aromatic heterocycles. The number of sulfonamides is 1. The largest absolute Gasteiger partial charge is 0.444 e. The first-order valence-corrected chi connectivity index (χ1v) is 19.5. The molecule has 4 heterocycles. The number of aryl methyl sites for hydroxylation is 2. The van der Waals surface area contributed by atoms with Crippen LogP contribution in [0.3, 0.4) is 0 Å². The first-order chi connectivity index (χ1) is 24.9. The zero-order valence-corrected chi connectivity index (χ0v) is 32.1. The number of benzene rings is 2. The summed E-state index contributed by atoms with van der Waals surface area (Å²) in [7, 11) is -3.64. The number of carbonyl (C=O) groups excluding carboxylic acids is 2. The van der Waals surface area contributed by atoms with Crippen molar-refractivity contribution in [3.05, 3.63) is 84.9 Å². The van der Waals surface area contributed by atoms with Crippen LogP contribution in [0, 0.1) is 0 Å². The lowest BCUT2D eigenvalue weighted by molar-refractivity contribution is 0.0240. The van der Waals surface area contributed by atoms with Gasteiger partial charge in [0.2, 0.25) is 10.0 Å². The van der Waals surface area contributed by atoms with Crippen LogP contribution in [-0.4, -0.2) is 88.5 Å². The minimum atomic E-state index is -3.64. The standard InChI is InChI=1S/C39H47N7O6S/c1-38(2,3)51-36(47)44-19-17-43(18-20-44)34-14-13-28(22-33(34)42-53(7,49)50)29-21-31-32(26-46(35(31)40-23-29)37(48)52-39(4,5)6)30-24-41-45(25-30)16-15-27-11-9-8-10-12-27/h8-14,21-26,42H,15-20H2,1-7H3. The predicted octanol–water partition coefficient (Wildman–Crippen LogP) is 7.02. The summed E-state index contributed by atoms with van der Waals surface area (Å²) in [4.78, 5) is 34.5. The average Bonchev–Trinajstić information content (AvgIpc) is 3.70. The summed E-state index contributed by atoms with van der Waals surface area (Å²) in [5.41, 5.74) is 4.40. The van der Waals surface area contributed by atoms with Gasteiger partial charge < -0.3 is 19.3 Å². The van der Waals surface area contributed by atoms with Gasteiger partial charge in [0.15, 0.2) is 0 Å². The second-order valence-corrected chi connectivity index (χ2v) is 17.0. The number of hydrogen-bond donors (Lipinski definition) is 1. The lowest BCUT2D eigenvalue weighted by Crippen LogP contribution is -2.50. The van der Waals surface area contributed by atoms with Gasteiger partial charge in [-0.3, -0.25) is 9.40 Å². The number of nitrogens with one attached hydrogen (secondary N) is 1. The second-order valence-electron chi connectivity index (χ2n) is 15.3. The summed E-state index contributed by atoms with van der Waals surface area (Å²) in [6.07, 6.45) is 8.12. The fourth-order valence-electron chi connectivity index (χ4n) is 6.19. The van der Waals surface area contributed by atoms with Crippen LogP contribution < -0.4 is 9.62 Å². The van der Waals surface area contributed by atoms with Crippen LogP contribution in [-0.2, 0) is 32.5 Å². The van der Waals surface area contributed by atoms with E-state index in [2.05, 4.69) is 22.0 Å². The maximum Gasteiger partial charge on any atom is 0.420 e. The van der Waals surface area contributed by atoms with E-state index in [-0.39, 0.29) is 6.09 Å². The van der Waals surface area contributed by atoms with Gasteiger partial charge in [-0.2, -0.15) is 5.10 Å². The highest BCUT2D eigenvalue weighted by Crippen LogP contribution is 2.36. The van der Waals surface area contributed by atoms with Gasteiger partial charge in [-0.1, -0.05) is 36.4 Å². The number of pyridine rings is 1. The van der Waals surface area contributed by atoms with Crippen molar-refractivity contribution in [2.24, 2.45) is 0 Å². The maximum absolute atomic E-state index is 13.4. The highest BCUT2D eigenvalue weighted by Gasteiger charge is 2.28. The minimum Gasteiger partial charge on any atom is -0.444 e. The number of nitrogens with zero attached hydrogens (tertiary/aromatic N) is 6. The zero-order chi connectivity index (χ0) is 38.1. The van der Waals surface area contributed by atoms with Crippen LogP contribution in [0.1, 0.15) is 47.1 Å². The molecule has 1 fully saturated rings. The molecule has 0 radical (unpaired) electrons. The van der Waals surface area contributed by atoms with E-state index in [4.69, 9.17) is 14.5 Å². The highest BCUT2D eigenvalue weighted by molar-refractivity contribution is 7.92. The minimum absolute atomic E-state index is 0.371. The zero-order valence-electron chi connectivity index (χ0n) is 31.3. The molecule has 1 amide bonds. The van der Waals surface area contributed by atoms with Gasteiger partial charge in [-0.15, -0.1) is 0 Å². The number of fused-ring (bicyclic) bond motifs is 1. The molecule has 0 unspecified atom stereocenters. The molecule has 53 heavy (non-hydrogen) atoms. The van der Waals surface area contributed by atoms with Crippen molar-refractivity contribution in [1.29, 1.82) is 0 Å². The van der Waals surface area contributed by atoms with Crippen molar-refractivity contribution in [3.63, 3.8) is 0 Å². The normalized spacial score (nSPS) is 14.0. The number of amides is 1. The lowest BCUT2D eigenvalue weighted by Gasteiger charge is -2.37. The third-order valence-corrected chi connectivity index (χ3v) is 9.14. The van der Waals surface area contributed by atoms with Crippen molar-refractivity contribution in [2.75, 3.05) is 42.1 Å². The van der Waals surface area contributed by atoms with Gasteiger partial charge in [0.05, 0.1) is 23.8 Å². The SMILES string of the molecule is CC(C)(C)OC(=O)N1CCN(c2ccc(-c3cnc4c(c3)c(-c3cnn(CCc5ccccc5)c3)cn4C(=O)OC(C)(C)C)cc2NS(C)(=O)=O)CC1. The van der Waals surface area contributed by atoms with Crippen molar-refractivity contribution in [1.82, 2.24) is 24.2 Å². The van der Waals surface area contributed by atoms with Crippen LogP contribution in [0.4, 0.5) is 21.0 Å². The first kappa shape index (κ1) is 37.4. The molecule has 5 aromatic rings. The van der Waals surface area contributed by atoms with Crippen molar-refractivity contribution in [3.8, 4) is 22.3 Å². The molecule has 2 aromatic carbocycles. The van der Waals surface area contributed by atoms with Crippen molar-refractivity contribution >= 4 is 44.6 Å². The first-order valence-electron chi connectivity index (χ1n) is 17.6. The maximum atomic E-state index is 13.4. The van der Waals surface area contributed by atoms with E-state index in [1.807, 2.05) is 93.7 Å². The van der Waals surface area contributed by atoms with Gasteiger partial charge >= 0.3 is 12.2 Å². The number of rotatable bonds is 8. The summed E-state index contributed by atoms with van der Waals surface area (Å²) >= 11 is 0. The van der Waals surface area contributed by atoms with E-state index in [1.165, 1.54) is 10.1 Å². The molecule has 0 bridgehead atoms. The Morgan fingerprint density at radius 2 is 1.49 bits per heavy atom. The molecule has 14 heteroatoms. The van der Waals surface area contributed by atoms with Crippen LogP contribution in [0.25, 0.3) is 33.3 Å². The summed E-state index contributed by atoms with van der Waals surface area (Å²) in [6, 6.07) is 17.7. The second kappa shape index (κ2) is 14.6. The van der Waals surface area contributed by atoms with E-state index >= 15 is 0 Å². The number of ether oxygens (including phenoxy) is 2. The van der Waals surface area contributed by atoms with Gasteiger partial charge in [-0.25, -0.2) is 27.6 Å². The molecule has 1 saturated heterocycles. The van der Waals surface area contributed by atoms with Crippen molar-refractivity contribution < 1.29 is 27.5 Å². The molecular weight excluding hydrogens is 695 g/mol. The van der Waals surface area contributed by atoms with Crippen LogP contribution in [0.2, 0.25) is 0 Å². The number of anilines is 2. The Morgan fingerprint density at radius 1 is 0.811 bits per heavy atom. The summed E-state index contributed by atoms with van der Waals surface area (Å²) in [5, 5.41) is 5.32. The van der Waals surface area contributed by atoms with E-state index < -0.39 is 27.3 Å². The fraction of sp³-hybridized carbons (Fsp3) is 0.385. The average molecular weight is 742 g/mol. The Hall–Kier alpha value is -5.37. The number of aromatic nitrogens is 4. The van der Waals surface area contributed by atoms with Gasteiger partial charge in [0.1, 0.15) is 16.8 Å². The third-order valence-electron chi connectivity index (χ3n) is 8.55. The molecule has 1 N–H and O–H groups in total. The van der Waals surface area contributed by atoms with Crippen LogP contribution >= 0.6 is 0 Å². The lowest BCUT2D eigenvalue weighted by atomic mass is 10.0. The Morgan fingerprint density at radius 3 is 2.15 bits per heavy atom. The molecular formula is C39H47N7O6S. The summed E-state index contributed by atoms with van der Waals surface area (Å²) < 4.78 is 42.4. The quantitative estimate of drug-likeness (QED) is 0.178. The molecule has 13 nitrogen and oxygen atoms in total. The third kappa shape index (κ3) is 9.36. The van der Waals surface area contributed by atoms with E-state index in [0.717, 1.165) is 34.9 Å². The smallest absolute Gasteiger partial charge is 0.420 e. The molecule has 6 rings (SSSR count). The Bertz CT molecular complexity index is 2230. The Kier molecular flexibility index (Phi) is 10.3. The van der Waals surface area contributed by atoms with Gasteiger partial charge in [0.25, 0.3) is 0 Å². The number of piperazine rings is 1. The molecule has 0 aliphatic carbocycles. The van der Waals surface area contributed by atoms with E-state index in [9.17, 15) is 18.0 Å². The van der Waals surface area contributed by atoms with E-state index in [0.29, 0.717) is 55.1 Å². The molecule has 1 aliphatic rings. The fourth-order valence-corrected chi connectivity index (χ4v) is 6.75. The van der Waals surface area contributed by atoms with Crippen LogP contribution in [0.5, 0.6) is 0 Å². The molecule has 0 spiro atoms. The topological polar surface area (TPSA) is 141 Å². The monoisotopic (exact) mass is 741 g/mol. The van der Waals surface area contributed by atoms with E-state index in [1.54, 1.807) is 29.6 Å².